The van der Waals surface area contributed by atoms with Gasteiger partial charge in [0.2, 0.25) is 15.9 Å². The number of hydrogen-bond donors (Lipinski definition) is 1. The summed E-state index contributed by atoms with van der Waals surface area (Å²) in [5, 5.41) is 2.66. The van der Waals surface area contributed by atoms with Crippen molar-refractivity contribution in [2.45, 2.75) is 31.9 Å². The Morgan fingerprint density at radius 3 is 2.65 bits per heavy atom. The fourth-order valence-electron chi connectivity index (χ4n) is 3.50. The molecule has 0 saturated carbocycles. The first-order valence-electron chi connectivity index (χ1n) is 9.49. The third kappa shape index (κ3) is 5.40. The lowest BCUT2D eigenvalue weighted by Gasteiger charge is -2.38. The van der Waals surface area contributed by atoms with Crippen molar-refractivity contribution in [3.8, 4) is 11.5 Å². The first-order valence-corrected chi connectivity index (χ1v) is 11.7. The average Bonchev–Trinajstić information content (AvgIpc) is 2.66. The van der Waals surface area contributed by atoms with Gasteiger partial charge in [0.1, 0.15) is 29.5 Å². The summed E-state index contributed by atoms with van der Waals surface area (Å²) in [6, 6.07) is 8.41. The number of nitrogens with one attached hydrogen (secondary N) is 1. The molecule has 1 heterocycles. The molecule has 1 N–H and O–H groups in total. The molecule has 0 bridgehead atoms. The zero-order chi connectivity index (χ0) is 23.0. The Labute approximate surface area is 186 Å². The van der Waals surface area contributed by atoms with E-state index < -0.39 is 39.9 Å². The largest absolute Gasteiger partial charge is 0.497 e. The average molecular weight is 471 g/mol. The molecule has 3 rings (SSSR count). The molecular formula is C21H24ClFN2O5S. The van der Waals surface area contributed by atoms with Crippen molar-refractivity contribution < 1.29 is 27.1 Å². The molecule has 10 heteroatoms. The van der Waals surface area contributed by atoms with Crippen molar-refractivity contribution in [1.82, 2.24) is 5.32 Å². The number of amides is 1. The van der Waals surface area contributed by atoms with E-state index >= 15 is 0 Å². The first-order chi connectivity index (χ1) is 14.4. The molecule has 0 aromatic heterocycles. The van der Waals surface area contributed by atoms with Gasteiger partial charge in [0.15, 0.2) is 0 Å². The number of methoxy groups -OCH3 is 1. The van der Waals surface area contributed by atoms with E-state index in [9.17, 15) is 17.6 Å². The van der Waals surface area contributed by atoms with Crippen LogP contribution in [0.2, 0.25) is 5.02 Å². The van der Waals surface area contributed by atoms with Crippen molar-refractivity contribution in [1.29, 1.82) is 0 Å². The standard InChI is InChI=1S/C21H24ClFN2O5S/c1-21(2)11-18(15-7-6-14(29-3)10-19(15)30-21)24-20(26)12-25(31(4,27)28)13-5-8-17(23)16(22)9-13/h5-10,18H,11-12H2,1-4H3,(H,24,26). The fourth-order valence-corrected chi connectivity index (χ4v) is 4.52. The molecule has 0 aliphatic carbocycles. The van der Waals surface area contributed by atoms with E-state index in [0.29, 0.717) is 17.9 Å². The summed E-state index contributed by atoms with van der Waals surface area (Å²) >= 11 is 5.79. The Morgan fingerprint density at radius 1 is 1.32 bits per heavy atom. The van der Waals surface area contributed by atoms with Crippen LogP contribution in [0.1, 0.15) is 31.9 Å². The van der Waals surface area contributed by atoms with Gasteiger partial charge in [-0.05, 0) is 44.2 Å². The van der Waals surface area contributed by atoms with Crippen LogP contribution in [-0.2, 0) is 14.8 Å². The van der Waals surface area contributed by atoms with Gasteiger partial charge in [0, 0.05) is 18.1 Å². The Hall–Kier alpha value is -2.52. The summed E-state index contributed by atoms with van der Waals surface area (Å²) in [7, 11) is -2.27. The zero-order valence-electron chi connectivity index (χ0n) is 17.6. The molecule has 31 heavy (non-hydrogen) atoms. The lowest BCUT2D eigenvalue weighted by molar-refractivity contribution is -0.120. The number of anilines is 1. The van der Waals surface area contributed by atoms with Crippen molar-refractivity contribution in [2.75, 3.05) is 24.2 Å². The maximum atomic E-state index is 13.5. The highest BCUT2D eigenvalue weighted by Crippen LogP contribution is 2.41. The van der Waals surface area contributed by atoms with Gasteiger partial charge >= 0.3 is 0 Å². The smallest absolute Gasteiger partial charge is 0.241 e. The van der Waals surface area contributed by atoms with E-state index in [2.05, 4.69) is 5.32 Å². The summed E-state index contributed by atoms with van der Waals surface area (Å²) in [5.41, 5.74) is 0.309. The van der Waals surface area contributed by atoms with Gasteiger partial charge in [-0.3, -0.25) is 9.10 Å². The van der Waals surface area contributed by atoms with Crippen LogP contribution in [0.5, 0.6) is 11.5 Å². The molecule has 0 saturated heterocycles. The molecule has 0 spiro atoms. The summed E-state index contributed by atoms with van der Waals surface area (Å²) in [4.78, 5) is 12.8. The van der Waals surface area contributed by atoms with E-state index in [4.69, 9.17) is 21.1 Å². The van der Waals surface area contributed by atoms with E-state index in [1.54, 1.807) is 19.2 Å². The third-order valence-corrected chi connectivity index (χ3v) is 6.32. The van der Waals surface area contributed by atoms with Crippen molar-refractivity contribution in [3.63, 3.8) is 0 Å². The van der Waals surface area contributed by atoms with Crippen LogP contribution in [-0.4, -0.2) is 39.8 Å². The number of halogens is 2. The predicted octanol–water partition coefficient (Wildman–Crippen LogP) is 3.67. The van der Waals surface area contributed by atoms with Gasteiger partial charge in [0.05, 0.1) is 30.1 Å². The second kappa shape index (κ2) is 8.55. The van der Waals surface area contributed by atoms with Gasteiger partial charge in [-0.1, -0.05) is 11.6 Å². The van der Waals surface area contributed by atoms with E-state index in [1.165, 1.54) is 12.1 Å². The highest BCUT2D eigenvalue weighted by Gasteiger charge is 2.35. The van der Waals surface area contributed by atoms with Crippen LogP contribution in [0.4, 0.5) is 10.1 Å². The molecule has 1 atom stereocenters. The number of rotatable bonds is 6. The lowest BCUT2D eigenvalue weighted by atomic mass is 9.89. The molecule has 168 valence electrons. The van der Waals surface area contributed by atoms with Crippen LogP contribution in [0.15, 0.2) is 36.4 Å². The number of nitrogens with zero attached hydrogens (tertiary/aromatic N) is 1. The van der Waals surface area contributed by atoms with E-state index in [0.717, 1.165) is 22.2 Å². The van der Waals surface area contributed by atoms with Crippen molar-refractivity contribution >= 4 is 33.2 Å². The molecule has 0 radical (unpaired) electrons. The monoisotopic (exact) mass is 470 g/mol. The second-order valence-electron chi connectivity index (χ2n) is 7.96. The Bertz CT molecular complexity index is 1110. The molecular weight excluding hydrogens is 447 g/mol. The number of ether oxygens (including phenoxy) is 2. The normalized spacial score (nSPS) is 17.3. The number of fused-ring (bicyclic) bond motifs is 1. The van der Waals surface area contributed by atoms with E-state index in [-0.39, 0.29) is 10.7 Å². The Balaban J connectivity index is 1.85. The summed E-state index contributed by atoms with van der Waals surface area (Å²) in [6.45, 7) is 3.32. The summed E-state index contributed by atoms with van der Waals surface area (Å²) in [5.74, 6) is 0.0132. The van der Waals surface area contributed by atoms with E-state index in [1.807, 2.05) is 19.9 Å². The molecule has 0 fully saturated rings. The minimum absolute atomic E-state index is 0.0986. The third-order valence-electron chi connectivity index (χ3n) is 4.89. The number of hydrogen-bond acceptors (Lipinski definition) is 5. The minimum atomic E-state index is -3.83. The van der Waals surface area contributed by atoms with Gasteiger partial charge in [-0.2, -0.15) is 0 Å². The lowest BCUT2D eigenvalue weighted by Crippen LogP contribution is -2.45. The second-order valence-corrected chi connectivity index (χ2v) is 10.3. The highest BCUT2D eigenvalue weighted by atomic mass is 35.5. The van der Waals surface area contributed by atoms with Crippen LogP contribution in [0.25, 0.3) is 0 Å². The minimum Gasteiger partial charge on any atom is -0.497 e. The zero-order valence-corrected chi connectivity index (χ0v) is 19.2. The topological polar surface area (TPSA) is 84.9 Å². The number of carbonyl (C=O) groups excluding carboxylic acids is 1. The number of benzene rings is 2. The summed E-state index contributed by atoms with van der Waals surface area (Å²) < 4.78 is 50.2. The van der Waals surface area contributed by atoms with Crippen molar-refractivity contribution in [2.24, 2.45) is 0 Å². The molecule has 2 aromatic carbocycles. The molecule has 2 aromatic rings. The van der Waals surface area contributed by atoms with Crippen LogP contribution in [0, 0.1) is 5.82 Å². The first kappa shape index (κ1) is 23.1. The van der Waals surface area contributed by atoms with Crippen molar-refractivity contribution in [3.05, 3.63) is 52.8 Å². The number of carbonyl (C=O) groups is 1. The molecule has 1 unspecified atom stereocenters. The molecule has 7 nitrogen and oxygen atoms in total. The molecule has 1 amide bonds. The Morgan fingerprint density at radius 2 is 2.03 bits per heavy atom. The quantitative estimate of drug-likeness (QED) is 0.696. The van der Waals surface area contributed by atoms with Gasteiger partial charge in [-0.15, -0.1) is 0 Å². The van der Waals surface area contributed by atoms with Gasteiger partial charge in [-0.25, -0.2) is 12.8 Å². The molecule has 1 aliphatic heterocycles. The Kier molecular flexibility index (Phi) is 6.38. The van der Waals surface area contributed by atoms with Gasteiger partial charge in [0.25, 0.3) is 0 Å². The number of sulfonamides is 1. The fraction of sp³-hybridized carbons (Fsp3) is 0.381. The SMILES string of the molecule is COc1ccc2c(c1)OC(C)(C)CC2NC(=O)CN(c1ccc(F)c(Cl)c1)S(C)(=O)=O. The predicted molar refractivity (Wildman–Crippen MR) is 117 cm³/mol. The highest BCUT2D eigenvalue weighted by molar-refractivity contribution is 7.92. The van der Waals surface area contributed by atoms with Crippen LogP contribution in [0.3, 0.4) is 0 Å². The van der Waals surface area contributed by atoms with Gasteiger partial charge < -0.3 is 14.8 Å². The maximum Gasteiger partial charge on any atom is 0.241 e. The summed E-state index contributed by atoms with van der Waals surface area (Å²) in [6.07, 6.45) is 1.45. The molecule has 1 aliphatic rings. The van der Waals surface area contributed by atoms with Crippen LogP contribution >= 0.6 is 11.6 Å². The van der Waals surface area contributed by atoms with Crippen LogP contribution < -0.4 is 19.1 Å². The maximum absolute atomic E-state index is 13.5.